The van der Waals surface area contributed by atoms with E-state index in [0.717, 1.165) is 18.5 Å². The number of aliphatic hydroxyl groups excluding tert-OH is 1. The zero-order chi connectivity index (χ0) is 30.7. The maximum absolute atomic E-state index is 13.9. The molecule has 43 heavy (non-hydrogen) atoms. The number of hydrogen-bond donors (Lipinski definition) is 2. The minimum absolute atomic E-state index is 0.00476. The summed E-state index contributed by atoms with van der Waals surface area (Å²) >= 11 is 0. The number of ether oxygens (including phenoxy) is 2. The molecule has 0 saturated carbocycles. The first-order chi connectivity index (χ1) is 20.7. The Morgan fingerprint density at radius 1 is 1.16 bits per heavy atom. The summed E-state index contributed by atoms with van der Waals surface area (Å²) < 4.78 is 13.0. The molecule has 2 N–H and O–H groups in total. The quantitative estimate of drug-likeness (QED) is 0.276. The average molecular weight is 596 g/mol. The van der Waals surface area contributed by atoms with E-state index < -0.39 is 23.8 Å². The summed E-state index contributed by atoms with van der Waals surface area (Å²) in [4.78, 5) is 56.4. The number of aliphatic carboxylic acids is 1. The molecule has 0 bridgehead atoms. The van der Waals surface area contributed by atoms with Crippen LogP contribution in [-0.2, 0) is 32.8 Å². The van der Waals surface area contributed by atoms with Crippen molar-refractivity contribution in [3.63, 3.8) is 0 Å². The van der Waals surface area contributed by atoms with Crippen molar-refractivity contribution in [2.24, 2.45) is 13.0 Å². The number of carbonyl (C=O) groups excluding carboxylic acids is 3. The SMILES string of the molecule is CCCCN(C(=O)CN1C[C@H](c2cc(CO)c3c(c2)OCO3)[C@@H](C(=O)O)[C@@H]1CCN1C(=O)CCC1=O)c1ccc[n+](C)c1. The van der Waals surface area contributed by atoms with Crippen molar-refractivity contribution in [2.45, 2.75) is 57.6 Å². The van der Waals surface area contributed by atoms with Crippen LogP contribution >= 0.6 is 0 Å². The summed E-state index contributed by atoms with van der Waals surface area (Å²) in [5, 5.41) is 20.5. The summed E-state index contributed by atoms with van der Waals surface area (Å²) in [5.41, 5.74) is 1.91. The Morgan fingerprint density at radius 2 is 1.93 bits per heavy atom. The van der Waals surface area contributed by atoms with Gasteiger partial charge in [0.05, 0.1) is 19.1 Å². The highest BCUT2D eigenvalue weighted by atomic mass is 16.7. The number of amides is 3. The van der Waals surface area contributed by atoms with E-state index in [9.17, 15) is 29.4 Å². The Kier molecular flexibility index (Phi) is 9.26. The Morgan fingerprint density at radius 3 is 2.60 bits per heavy atom. The van der Waals surface area contributed by atoms with Gasteiger partial charge in [0.25, 0.3) is 0 Å². The molecule has 0 unspecified atom stereocenters. The molecule has 4 heterocycles. The molecule has 3 aliphatic rings. The molecule has 12 heteroatoms. The number of benzene rings is 1. The number of anilines is 1. The number of hydrogen-bond acceptors (Lipinski definition) is 8. The van der Waals surface area contributed by atoms with E-state index in [2.05, 4.69) is 6.92 Å². The van der Waals surface area contributed by atoms with Crippen molar-refractivity contribution in [3.8, 4) is 11.5 Å². The first kappa shape index (κ1) is 30.4. The lowest BCUT2D eigenvalue weighted by atomic mass is 9.83. The van der Waals surface area contributed by atoms with E-state index in [-0.39, 0.29) is 70.0 Å². The highest BCUT2D eigenvalue weighted by molar-refractivity contribution is 6.01. The topological polar surface area (TPSA) is 141 Å². The van der Waals surface area contributed by atoms with Gasteiger partial charge >= 0.3 is 5.97 Å². The second-order valence-electron chi connectivity index (χ2n) is 11.4. The summed E-state index contributed by atoms with van der Waals surface area (Å²) in [5.74, 6) is -2.33. The molecule has 1 aromatic carbocycles. The van der Waals surface area contributed by atoms with E-state index >= 15 is 0 Å². The molecule has 0 radical (unpaired) electrons. The Balaban J connectivity index is 1.47. The molecular weight excluding hydrogens is 556 g/mol. The average Bonchev–Trinajstić information content (AvgIpc) is 3.69. The molecule has 0 spiro atoms. The number of likely N-dealkylation sites (tertiary alicyclic amines) is 2. The molecule has 12 nitrogen and oxygen atoms in total. The third-order valence-electron chi connectivity index (χ3n) is 8.62. The molecule has 2 aromatic rings. The maximum atomic E-state index is 13.9. The zero-order valence-electron chi connectivity index (χ0n) is 24.6. The van der Waals surface area contributed by atoms with Gasteiger partial charge < -0.3 is 24.6 Å². The van der Waals surface area contributed by atoms with Gasteiger partial charge in [0.15, 0.2) is 23.9 Å². The fourth-order valence-electron chi connectivity index (χ4n) is 6.47. The number of carboxylic acid groups (broad SMARTS) is 1. The number of rotatable bonds is 12. The Hall–Kier alpha value is -4.03. The van der Waals surface area contributed by atoms with Gasteiger partial charge in [-0.05, 0) is 36.6 Å². The maximum Gasteiger partial charge on any atom is 0.308 e. The minimum Gasteiger partial charge on any atom is -0.481 e. The number of unbranched alkanes of at least 4 members (excludes halogenated alkanes) is 1. The molecule has 5 rings (SSSR count). The van der Waals surface area contributed by atoms with Crippen LogP contribution < -0.4 is 18.9 Å². The molecule has 3 atom stereocenters. The molecule has 3 amide bonds. The zero-order valence-corrected chi connectivity index (χ0v) is 24.6. The highest BCUT2D eigenvalue weighted by Gasteiger charge is 2.48. The first-order valence-corrected chi connectivity index (χ1v) is 14.8. The van der Waals surface area contributed by atoms with E-state index in [0.29, 0.717) is 29.2 Å². The molecule has 230 valence electrons. The molecule has 0 aliphatic carbocycles. The number of nitrogens with zero attached hydrogens (tertiary/aromatic N) is 4. The van der Waals surface area contributed by atoms with Gasteiger partial charge in [-0.1, -0.05) is 13.3 Å². The monoisotopic (exact) mass is 595 g/mol. The van der Waals surface area contributed by atoms with Crippen LogP contribution in [0.1, 0.15) is 56.1 Å². The standard InChI is InChI=1S/C31H38N4O8/c1-3-4-11-34(22-6-5-10-32(2)15-22)28(39)17-33-16-23(20-13-21(18-36)30-25(14-20)42-19-43-30)29(31(40)41)24(33)9-12-35-26(37)7-8-27(35)38/h5-6,10,13-15,23-24,29,36H,3-4,7-9,11-12,16-19H2,1-2H3/p+1/t23-,24+,29-/m1/s1. The van der Waals surface area contributed by atoms with Gasteiger partial charge in [-0.2, -0.15) is 0 Å². The van der Waals surface area contributed by atoms with Crippen LogP contribution in [0.5, 0.6) is 11.5 Å². The first-order valence-electron chi connectivity index (χ1n) is 14.8. The number of aryl methyl sites for hydroxylation is 1. The highest BCUT2D eigenvalue weighted by Crippen LogP contribution is 2.44. The van der Waals surface area contributed by atoms with Crippen LogP contribution in [0.3, 0.4) is 0 Å². The number of imide groups is 1. The summed E-state index contributed by atoms with van der Waals surface area (Å²) in [6, 6.07) is 6.61. The largest absolute Gasteiger partial charge is 0.481 e. The van der Waals surface area contributed by atoms with E-state index in [1.807, 2.05) is 41.0 Å². The van der Waals surface area contributed by atoms with Gasteiger partial charge in [0, 0.05) is 56.1 Å². The van der Waals surface area contributed by atoms with Crippen LogP contribution in [0.4, 0.5) is 5.69 Å². The normalized spacial score (nSPS) is 21.6. The molecule has 1 aromatic heterocycles. The van der Waals surface area contributed by atoms with E-state index in [4.69, 9.17) is 9.47 Å². The van der Waals surface area contributed by atoms with Crippen LogP contribution in [0.2, 0.25) is 0 Å². The smallest absolute Gasteiger partial charge is 0.308 e. The van der Waals surface area contributed by atoms with Gasteiger partial charge in [-0.15, -0.1) is 0 Å². The number of carboxylic acids is 1. The summed E-state index contributed by atoms with van der Waals surface area (Å²) in [7, 11) is 1.89. The van der Waals surface area contributed by atoms with Crippen LogP contribution in [0, 0.1) is 5.92 Å². The number of aromatic nitrogens is 1. The summed E-state index contributed by atoms with van der Waals surface area (Å²) in [6.07, 6.45) is 5.98. The van der Waals surface area contributed by atoms with Crippen molar-refractivity contribution in [1.82, 2.24) is 9.80 Å². The van der Waals surface area contributed by atoms with Crippen molar-refractivity contribution >= 4 is 29.4 Å². The molecule has 2 saturated heterocycles. The lowest BCUT2D eigenvalue weighted by Crippen LogP contribution is -2.46. The Labute approximate surface area is 250 Å². The van der Waals surface area contributed by atoms with Crippen molar-refractivity contribution in [2.75, 3.05) is 37.9 Å². The summed E-state index contributed by atoms with van der Waals surface area (Å²) in [6.45, 7) is 2.57. The molecule has 3 aliphatic heterocycles. The fraction of sp³-hybridized carbons (Fsp3) is 0.516. The number of fused-ring (bicyclic) bond motifs is 1. The van der Waals surface area contributed by atoms with Crippen LogP contribution in [-0.4, -0.2) is 82.7 Å². The molecule has 2 fully saturated rings. The number of aliphatic hydroxyl groups is 1. The van der Waals surface area contributed by atoms with Gasteiger partial charge in [0.2, 0.25) is 24.5 Å². The predicted octanol–water partition coefficient (Wildman–Crippen LogP) is 1.57. The molecular formula is C31H39N4O8+. The van der Waals surface area contributed by atoms with Crippen molar-refractivity contribution in [3.05, 3.63) is 47.8 Å². The third kappa shape index (κ3) is 6.35. The van der Waals surface area contributed by atoms with Gasteiger partial charge in [0.1, 0.15) is 12.7 Å². The lowest BCUT2D eigenvalue weighted by Gasteiger charge is -2.30. The predicted molar refractivity (Wildman–Crippen MR) is 153 cm³/mol. The minimum atomic E-state index is -1.04. The second kappa shape index (κ2) is 13.1. The van der Waals surface area contributed by atoms with Gasteiger partial charge in [-0.25, -0.2) is 4.57 Å². The third-order valence-corrected chi connectivity index (χ3v) is 8.62. The van der Waals surface area contributed by atoms with Gasteiger partial charge in [-0.3, -0.25) is 29.0 Å². The number of carbonyl (C=O) groups is 4. The van der Waals surface area contributed by atoms with Crippen LogP contribution in [0.25, 0.3) is 0 Å². The fourth-order valence-corrected chi connectivity index (χ4v) is 6.47. The van der Waals surface area contributed by atoms with Crippen LogP contribution in [0.15, 0.2) is 36.7 Å². The van der Waals surface area contributed by atoms with E-state index in [1.54, 1.807) is 17.0 Å². The van der Waals surface area contributed by atoms with Crippen molar-refractivity contribution in [1.29, 1.82) is 0 Å². The van der Waals surface area contributed by atoms with Crippen molar-refractivity contribution < 1.29 is 43.4 Å². The lowest BCUT2D eigenvalue weighted by molar-refractivity contribution is -0.670. The van der Waals surface area contributed by atoms with E-state index in [1.165, 1.54) is 4.90 Å². The second-order valence-corrected chi connectivity index (χ2v) is 11.4. The Bertz CT molecular complexity index is 1380. The number of pyridine rings is 1.